The van der Waals surface area contributed by atoms with Gasteiger partial charge in [0.05, 0.1) is 25.6 Å². The lowest BCUT2D eigenvalue weighted by Crippen LogP contribution is -2.80. The highest BCUT2D eigenvalue weighted by Gasteiger charge is 2.79. The second-order valence-corrected chi connectivity index (χ2v) is 11.4. The number of benzene rings is 2. The first-order valence-corrected chi connectivity index (χ1v) is 13.4. The second-order valence-electron chi connectivity index (χ2n) is 11.4. The van der Waals surface area contributed by atoms with Crippen LogP contribution in [0.25, 0.3) is 0 Å². The minimum absolute atomic E-state index is 0.208. The number of likely N-dealkylation sites (tertiary alicyclic amines) is 1. The number of rotatable bonds is 5. The molecule has 6 aliphatic rings. The number of carbonyl (C=O) groups is 2. The summed E-state index contributed by atoms with van der Waals surface area (Å²) in [6.45, 7) is 0.935. The molecule has 1 saturated carbocycles. The topological polar surface area (TPSA) is 98.4 Å². The number of ether oxygens (including phenoxy) is 4. The van der Waals surface area contributed by atoms with E-state index >= 15 is 0 Å². The van der Waals surface area contributed by atoms with Gasteiger partial charge in [0.25, 0.3) is 5.91 Å². The van der Waals surface area contributed by atoms with E-state index < -0.39 is 23.5 Å². The molecule has 2 N–H and O–H groups in total. The third-order valence-corrected chi connectivity index (χ3v) is 10.2. The Labute approximate surface area is 227 Å². The summed E-state index contributed by atoms with van der Waals surface area (Å²) in [6.07, 6.45) is 6.33. The highest BCUT2D eigenvalue weighted by molar-refractivity contribution is 5.96. The van der Waals surface area contributed by atoms with Gasteiger partial charge in [-0.05, 0) is 68.8 Å². The van der Waals surface area contributed by atoms with Crippen molar-refractivity contribution in [3.8, 4) is 17.2 Å². The Balaban J connectivity index is 1.26. The van der Waals surface area contributed by atoms with Gasteiger partial charge in [0, 0.05) is 29.7 Å². The highest BCUT2D eigenvalue weighted by Crippen LogP contribution is 2.74. The van der Waals surface area contributed by atoms with Gasteiger partial charge in [-0.3, -0.25) is 20.4 Å². The standard InChI is InChI=1S/C30H33N3O6/c1-33-14-13-29-23-18-7-10-21(37-3)24(23)39-27(29)30(38-4)12-11-28(29,22(33)15-18)16-20(30)26(35)32-31-25(34)17-5-8-19(36-2)9-6-17/h5-12,20,22,27H,13-16H2,1-4H3,(H,31,34)(H,32,35)/t20-,22+,27-,28+,29-,30+/m0/s1. The molecule has 0 radical (unpaired) electrons. The molecule has 9 heteroatoms. The van der Waals surface area contributed by atoms with E-state index in [2.05, 4.69) is 41.0 Å². The molecule has 0 aromatic heterocycles. The molecule has 9 nitrogen and oxygen atoms in total. The molecule has 2 fully saturated rings. The normalized spacial score (nSPS) is 34.6. The zero-order chi connectivity index (χ0) is 27.2. The zero-order valence-corrected chi connectivity index (χ0v) is 22.6. The first-order chi connectivity index (χ1) is 18.8. The summed E-state index contributed by atoms with van der Waals surface area (Å²) in [7, 11) is 7.06. The van der Waals surface area contributed by atoms with Crippen LogP contribution in [-0.4, -0.2) is 69.4 Å². The molecule has 2 aromatic rings. The Hall–Kier alpha value is -3.56. The number of hydrazine groups is 1. The van der Waals surface area contributed by atoms with Gasteiger partial charge in [-0.25, -0.2) is 0 Å². The van der Waals surface area contributed by atoms with Crippen LogP contribution in [0, 0.1) is 11.3 Å². The SMILES string of the molecule is COc1ccc(C(=O)NNC(=O)[C@@H]2C[C@@]34C=C[C@]2(OC)[C@H]2Oc5c(OC)ccc6c5[C@@]23CCN(C)[C@@H]4C6)cc1. The van der Waals surface area contributed by atoms with Gasteiger partial charge < -0.3 is 23.8 Å². The molecule has 2 heterocycles. The molecule has 0 unspecified atom stereocenters. The van der Waals surface area contributed by atoms with Crippen LogP contribution in [0.5, 0.6) is 17.2 Å². The van der Waals surface area contributed by atoms with Crippen molar-refractivity contribution in [1.82, 2.24) is 15.8 Å². The van der Waals surface area contributed by atoms with Gasteiger partial charge >= 0.3 is 0 Å². The van der Waals surface area contributed by atoms with E-state index in [9.17, 15) is 9.59 Å². The van der Waals surface area contributed by atoms with E-state index in [1.54, 1.807) is 45.6 Å². The minimum atomic E-state index is -1.00. The van der Waals surface area contributed by atoms with Crippen molar-refractivity contribution >= 4 is 11.8 Å². The number of nitrogens with zero attached hydrogens (tertiary/aromatic N) is 1. The molecule has 8 rings (SSSR count). The van der Waals surface area contributed by atoms with Crippen LogP contribution in [0.4, 0.5) is 0 Å². The third-order valence-electron chi connectivity index (χ3n) is 10.2. The summed E-state index contributed by atoms with van der Waals surface area (Å²) in [5.41, 5.74) is 6.58. The van der Waals surface area contributed by atoms with E-state index in [1.807, 2.05) is 6.07 Å². The molecule has 6 atom stereocenters. The Morgan fingerprint density at radius 2 is 1.82 bits per heavy atom. The fraction of sp³-hybridized carbons (Fsp3) is 0.467. The lowest BCUT2D eigenvalue weighted by Gasteiger charge is -2.70. The van der Waals surface area contributed by atoms with Gasteiger partial charge in [0.1, 0.15) is 17.5 Å². The van der Waals surface area contributed by atoms with Gasteiger partial charge in [-0.2, -0.15) is 0 Å². The maximum Gasteiger partial charge on any atom is 0.269 e. The number of likely N-dealkylation sites (N-methyl/N-ethyl adjacent to an activating group) is 1. The number of hydrogen-bond donors (Lipinski definition) is 2. The van der Waals surface area contributed by atoms with Crippen LogP contribution in [0.3, 0.4) is 0 Å². The van der Waals surface area contributed by atoms with Crippen LogP contribution in [0.2, 0.25) is 0 Å². The number of nitrogens with one attached hydrogen (secondary N) is 2. The number of carbonyl (C=O) groups excluding carboxylic acids is 2. The molecular weight excluding hydrogens is 498 g/mol. The van der Waals surface area contributed by atoms with Crippen molar-refractivity contribution in [3.05, 3.63) is 65.2 Å². The predicted octanol–water partition coefficient (Wildman–Crippen LogP) is 2.39. The maximum absolute atomic E-state index is 13.9. The minimum Gasteiger partial charge on any atom is -0.497 e. The van der Waals surface area contributed by atoms with Gasteiger partial charge in [-0.15, -0.1) is 0 Å². The average molecular weight is 532 g/mol. The van der Waals surface area contributed by atoms with Crippen LogP contribution >= 0.6 is 0 Å². The first-order valence-electron chi connectivity index (χ1n) is 13.4. The van der Waals surface area contributed by atoms with Crippen LogP contribution in [0.1, 0.15) is 34.3 Å². The van der Waals surface area contributed by atoms with E-state index in [4.69, 9.17) is 18.9 Å². The Morgan fingerprint density at radius 1 is 1.03 bits per heavy atom. The monoisotopic (exact) mass is 531 g/mol. The molecule has 2 spiro atoms. The molecule has 204 valence electrons. The van der Waals surface area contributed by atoms with Crippen LogP contribution in [0.15, 0.2) is 48.6 Å². The van der Waals surface area contributed by atoms with Crippen molar-refractivity contribution in [2.24, 2.45) is 11.3 Å². The number of piperidine rings is 1. The number of fused-ring (bicyclic) bond motifs is 1. The molecule has 2 aromatic carbocycles. The summed E-state index contributed by atoms with van der Waals surface area (Å²) in [4.78, 5) is 29.1. The first kappa shape index (κ1) is 24.5. The van der Waals surface area contributed by atoms with E-state index in [0.717, 1.165) is 25.1 Å². The third kappa shape index (κ3) is 2.87. The Kier molecular flexibility index (Phi) is 5.16. The fourth-order valence-corrected chi connectivity index (χ4v) is 8.52. The number of amides is 2. The molecule has 39 heavy (non-hydrogen) atoms. The van der Waals surface area contributed by atoms with Crippen molar-refractivity contribution in [2.75, 3.05) is 34.9 Å². The van der Waals surface area contributed by atoms with Gasteiger partial charge in [-0.1, -0.05) is 18.2 Å². The van der Waals surface area contributed by atoms with Crippen molar-refractivity contribution in [2.45, 2.75) is 42.4 Å². The van der Waals surface area contributed by atoms with Crippen molar-refractivity contribution in [1.29, 1.82) is 0 Å². The predicted molar refractivity (Wildman–Crippen MR) is 142 cm³/mol. The Bertz CT molecular complexity index is 1410. The average Bonchev–Trinajstić information content (AvgIpc) is 3.34. The zero-order valence-electron chi connectivity index (χ0n) is 22.6. The molecule has 4 bridgehead atoms. The van der Waals surface area contributed by atoms with Gasteiger partial charge in [0.15, 0.2) is 11.5 Å². The summed E-state index contributed by atoms with van der Waals surface area (Å²) < 4.78 is 24.1. The molecule has 2 aliphatic heterocycles. The Morgan fingerprint density at radius 3 is 2.54 bits per heavy atom. The lowest BCUT2D eigenvalue weighted by molar-refractivity contribution is -0.214. The molecule has 1 saturated heterocycles. The van der Waals surface area contributed by atoms with E-state index in [1.165, 1.54) is 11.1 Å². The smallest absolute Gasteiger partial charge is 0.269 e. The molecule has 2 amide bonds. The number of methoxy groups -OCH3 is 3. The molecule has 4 aliphatic carbocycles. The maximum atomic E-state index is 13.9. The fourth-order valence-electron chi connectivity index (χ4n) is 8.52. The van der Waals surface area contributed by atoms with Crippen LogP contribution < -0.4 is 25.1 Å². The second kappa shape index (κ2) is 8.22. The van der Waals surface area contributed by atoms with Crippen LogP contribution in [-0.2, 0) is 21.4 Å². The summed E-state index contributed by atoms with van der Waals surface area (Å²) in [5, 5.41) is 0. The van der Waals surface area contributed by atoms with Crippen molar-refractivity contribution < 1.29 is 28.5 Å². The number of hydrogen-bond acceptors (Lipinski definition) is 7. The lowest BCUT2D eigenvalue weighted by atomic mass is 9.37. The van der Waals surface area contributed by atoms with E-state index in [0.29, 0.717) is 23.5 Å². The quantitative estimate of drug-likeness (QED) is 0.452. The summed E-state index contributed by atoms with van der Waals surface area (Å²) in [6, 6.07) is 11.1. The highest BCUT2D eigenvalue weighted by atomic mass is 16.6. The summed E-state index contributed by atoms with van der Waals surface area (Å²) in [5.74, 6) is 0.871. The van der Waals surface area contributed by atoms with Crippen molar-refractivity contribution in [3.63, 3.8) is 0 Å². The van der Waals surface area contributed by atoms with E-state index in [-0.39, 0.29) is 22.8 Å². The van der Waals surface area contributed by atoms with Gasteiger partial charge in [0.2, 0.25) is 5.91 Å². The molecular formula is C30H33N3O6. The largest absolute Gasteiger partial charge is 0.497 e. The summed E-state index contributed by atoms with van der Waals surface area (Å²) >= 11 is 0.